The molecule has 0 spiro atoms. The fraction of sp³-hybridized carbons (Fsp3) is 0.406. The van der Waals surface area contributed by atoms with Crippen molar-refractivity contribution in [2.45, 2.75) is 62.4 Å². The van der Waals surface area contributed by atoms with Crippen LogP contribution in [0.1, 0.15) is 65.6 Å². The lowest BCUT2D eigenvalue weighted by molar-refractivity contribution is -0.139. The first kappa shape index (κ1) is 33.8. The molecule has 218 valence electrons. The SMILES string of the molecule is COc1ccc(CCCCCBr)cc1.COc1ccc(CCCCCSc2ccc(C=O)cc2C(F)(F)F)cc1. The van der Waals surface area contributed by atoms with Crippen LogP contribution in [-0.2, 0) is 19.0 Å². The van der Waals surface area contributed by atoms with E-state index in [2.05, 4.69) is 28.1 Å². The van der Waals surface area contributed by atoms with Gasteiger partial charge in [-0.25, -0.2) is 0 Å². The minimum absolute atomic E-state index is 0.0427. The van der Waals surface area contributed by atoms with E-state index in [4.69, 9.17) is 9.47 Å². The highest BCUT2D eigenvalue weighted by molar-refractivity contribution is 9.09. The van der Waals surface area contributed by atoms with Gasteiger partial charge in [-0.15, -0.1) is 11.8 Å². The molecule has 3 aromatic carbocycles. The largest absolute Gasteiger partial charge is 0.497 e. The van der Waals surface area contributed by atoms with Crippen LogP contribution in [0.2, 0.25) is 0 Å². The number of hydrogen-bond donors (Lipinski definition) is 0. The number of halogens is 4. The van der Waals surface area contributed by atoms with Gasteiger partial charge >= 0.3 is 6.18 Å². The molecule has 0 radical (unpaired) electrons. The summed E-state index contributed by atoms with van der Waals surface area (Å²) in [5.41, 5.74) is 1.94. The summed E-state index contributed by atoms with van der Waals surface area (Å²) >= 11 is 4.63. The smallest absolute Gasteiger partial charge is 0.417 e. The van der Waals surface area contributed by atoms with E-state index in [1.165, 1.54) is 60.7 Å². The first-order valence-electron chi connectivity index (χ1n) is 13.4. The molecule has 0 saturated carbocycles. The van der Waals surface area contributed by atoms with E-state index in [1.807, 2.05) is 36.4 Å². The number of ether oxygens (including phenoxy) is 2. The molecule has 0 aliphatic carbocycles. The molecule has 8 heteroatoms. The lowest BCUT2D eigenvalue weighted by Gasteiger charge is -2.13. The summed E-state index contributed by atoms with van der Waals surface area (Å²) in [4.78, 5) is 10.9. The maximum Gasteiger partial charge on any atom is 0.417 e. The number of hydrogen-bond acceptors (Lipinski definition) is 4. The normalized spacial score (nSPS) is 10.9. The summed E-state index contributed by atoms with van der Waals surface area (Å²) < 4.78 is 49.5. The topological polar surface area (TPSA) is 35.5 Å². The molecule has 3 nitrogen and oxygen atoms in total. The number of aryl methyl sites for hydroxylation is 2. The summed E-state index contributed by atoms with van der Waals surface area (Å²) in [6.07, 6.45) is 4.74. The van der Waals surface area contributed by atoms with Gasteiger partial charge in [-0.3, -0.25) is 4.79 Å². The summed E-state index contributed by atoms with van der Waals surface area (Å²) in [5.74, 6) is 2.38. The number of thioether (sulfide) groups is 1. The number of methoxy groups -OCH3 is 2. The van der Waals surface area contributed by atoms with Gasteiger partial charge in [0.25, 0.3) is 0 Å². The summed E-state index contributed by atoms with van der Waals surface area (Å²) in [7, 11) is 3.33. The zero-order valence-corrected chi connectivity index (χ0v) is 25.5. The monoisotopic (exact) mass is 638 g/mol. The van der Waals surface area contributed by atoms with Gasteiger partial charge in [0.05, 0.1) is 19.8 Å². The number of unbranched alkanes of at least 4 members (excludes halogenated alkanes) is 4. The average molecular weight is 640 g/mol. The zero-order chi connectivity index (χ0) is 29.2. The van der Waals surface area contributed by atoms with E-state index in [1.54, 1.807) is 14.2 Å². The molecule has 0 atom stereocenters. The second kappa shape index (κ2) is 18.8. The summed E-state index contributed by atoms with van der Waals surface area (Å²) in [6, 6.07) is 20.0. The molecule has 0 fully saturated rings. The van der Waals surface area contributed by atoms with Gasteiger partial charge < -0.3 is 9.47 Å². The molecule has 3 rings (SSSR count). The van der Waals surface area contributed by atoms with Gasteiger partial charge in [-0.1, -0.05) is 59.1 Å². The van der Waals surface area contributed by atoms with E-state index in [0.29, 0.717) is 12.0 Å². The number of alkyl halides is 4. The Hall–Kier alpha value is -2.45. The van der Waals surface area contributed by atoms with Gasteiger partial charge in [0.2, 0.25) is 0 Å². The Kier molecular flexibility index (Phi) is 15.9. The van der Waals surface area contributed by atoms with Gasteiger partial charge in [-0.05, 0) is 91.8 Å². The molecule has 0 N–H and O–H groups in total. The van der Waals surface area contributed by atoms with Crippen molar-refractivity contribution >= 4 is 34.0 Å². The first-order chi connectivity index (χ1) is 19.3. The van der Waals surface area contributed by atoms with Crippen molar-refractivity contribution in [1.29, 1.82) is 0 Å². The molecule has 3 aromatic rings. The fourth-order valence-corrected chi connectivity index (χ4v) is 5.40. The van der Waals surface area contributed by atoms with E-state index in [0.717, 1.165) is 48.6 Å². The third kappa shape index (κ3) is 12.8. The van der Waals surface area contributed by atoms with Crippen molar-refractivity contribution < 1.29 is 27.4 Å². The molecule has 0 aliphatic heterocycles. The highest BCUT2D eigenvalue weighted by atomic mass is 79.9. The predicted molar refractivity (Wildman–Crippen MR) is 162 cm³/mol. The van der Waals surface area contributed by atoms with Crippen LogP contribution < -0.4 is 9.47 Å². The molecular formula is C32H38BrF3O3S. The van der Waals surface area contributed by atoms with Crippen molar-refractivity contribution in [3.63, 3.8) is 0 Å². The Morgan fingerprint density at radius 3 is 1.73 bits per heavy atom. The van der Waals surface area contributed by atoms with E-state index in [-0.39, 0.29) is 10.5 Å². The maximum absolute atomic E-state index is 13.1. The van der Waals surface area contributed by atoms with Crippen LogP contribution in [0.3, 0.4) is 0 Å². The number of rotatable bonds is 15. The second-order valence-electron chi connectivity index (χ2n) is 9.23. The molecule has 0 unspecified atom stereocenters. The van der Waals surface area contributed by atoms with Crippen LogP contribution in [0.5, 0.6) is 11.5 Å². The van der Waals surface area contributed by atoms with Gasteiger partial charge in [0.15, 0.2) is 0 Å². The Labute approximate surface area is 249 Å². The quantitative estimate of drug-likeness (QED) is 0.0718. The molecular weight excluding hydrogens is 601 g/mol. The van der Waals surface area contributed by atoms with E-state index >= 15 is 0 Å². The minimum atomic E-state index is -4.45. The molecule has 0 aromatic heterocycles. The highest BCUT2D eigenvalue weighted by Crippen LogP contribution is 2.37. The highest BCUT2D eigenvalue weighted by Gasteiger charge is 2.33. The lowest BCUT2D eigenvalue weighted by Crippen LogP contribution is -2.07. The Balaban J connectivity index is 0.000000337. The van der Waals surface area contributed by atoms with Crippen molar-refractivity contribution in [2.75, 3.05) is 25.3 Å². The molecule has 0 saturated heterocycles. The van der Waals surface area contributed by atoms with E-state index in [9.17, 15) is 18.0 Å². The predicted octanol–water partition coefficient (Wildman–Crippen LogP) is 9.83. The maximum atomic E-state index is 13.1. The lowest BCUT2D eigenvalue weighted by atomic mass is 10.1. The van der Waals surface area contributed by atoms with Crippen molar-refractivity contribution in [3.05, 3.63) is 89.0 Å². The average Bonchev–Trinajstić information content (AvgIpc) is 2.97. The third-order valence-electron chi connectivity index (χ3n) is 6.23. The summed E-state index contributed by atoms with van der Waals surface area (Å²) in [6.45, 7) is 0. The van der Waals surface area contributed by atoms with Crippen LogP contribution >= 0.6 is 27.7 Å². The van der Waals surface area contributed by atoms with Gasteiger partial charge in [-0.2, -0.15) is 13.2 Å². The zero-order valence-electron chi connectivity index (χ0n) is 23.1. The van der Waals surface area contributed by atoms with Crippen LogP contribution in [0.25, 0.3) is 0 Å². The van der Waals surface area contributed by atoms with Crippen molar-refractivity contribution in [2.24, 2.45) is 0 Å². The number of aldehydes is 1. The molecule has 0 heterocycles. The third-order valence-corrected chi connectivity index (χ3v) is 7.95. The van der Waals surface area contributed by atoms with Crippen molar-refractivity contribution in [1.82, 2.24) is 0 Å². The number of carbonyl (C=O) groups excluding carboxylic acids is 1. The van der Waals surface area contributed by atoms with Crippen LogP contribution in [0.4, 0.5) is 13.2 Å². The molecule has 0 bridgehead atoms. The number of carbonyl (C=O) groups is 1. The first-order valence-corrected chi connectivity index (χ1v) is 15.5. The standard InChI is InChI=1S/C20H21F3O2S.C12H17BrO/c1-25-17-9-6-15(7-10-17)5-3-2-4-12-26-19-11-8-16(14-24)13-18(19)20(21,22)23;1-14-12-8-6-11(7-9-12)5-3-2-4-10-13/h6-11,13-14H,2-5,12H2,1H3;6-9H,2-5,10H2,1H3. The Bertz CT molecular complexity index is 1120. The number of benzene rings is 3. The van der Waals surface area contributed by atoms with Crippen LogP contribution in [0, 0.1) is 0 Å². The van der Waals surface area contributed by atoms with Crippen molar-refractivity contribution in [3.8, 4) is 11.5 Å². The van der Waals surface area contributed by atoms with Gasteiger partial charge in [0.1, 0.15) is 17.8 Å². The van der Waals surface area contributed by atoms with Gasteiger partial charge in [0, 0.05) is 15.8 Å². The van der Waals surface area contributed by atoms with Crippen LogP contribution in [0.15, 0.2) is 71.6 Å². The second-order valence-corrected chi connectivity index (χ2v) is 11.2. The molecule has 0 amide bonds. The Morgan fingerprint density at radius 1 is 0.750 bits per heavy atom. The molecule has 40 heavy (non-hydrogen) atoms. The fourth-order valence-electron chi connectivity index (χ4n) is 3.94. The molecule has 0 aliphatic rings. The Morgan fingerprint density at radius 2 is 1.27 bits per heavy atom. The van der Waals surface area contributed by atoms with Crippen LogP contribution in [-0.4, -0.2) is 31.6 Å². The summed E-state index contributed by atoms with van der Waals surface area (Å²) in [5, 5.41) is 1.12. The van der Waals surface area contributed by atoms with E-state index < -0.39 is 11.7 Å². The minimum Gasteiger partial charge on any atom is -0.497 e.